The van der Waals surface area contributed by atoms with Gasteiger partial charge in [0.15, 0.2) is 5.15 Å². The van der Waals surface area contributed by atoms with Crippen LogP contribution in [0.25, 0.3) is 5.69 Å². The minimum atomic E-state index is -1.14. The highest BCUT2D eigenvalue weighted by Crippen LogP contribution is 2.30. The standard InChI is InChI=1S/C29H25Cl2FN8O3/c1-34-13-18-11-21(6-7-22(18)33)35-29(43)25(10-17-3-2-4-20(32)9-17)39-16-27(41)38(15-28(39)42)24-12-19(30)5-8-23(24)40-14-26(31)36-37-40/h2-9,11-14,25H,10,15-16,33H2,1H3,(H,35,43). The third-order valence-corrected chi connectivity index (χ3v) is 7.19. The Hall–Kier alpha value is -4.81. The molecule has 1 unspecified atom stereocenters. The molecule has 11 nitrogen and oxygen atoms in total. The highest BCUT2D eigenvalue weighted by atomic mass is 35.5. The second-order valence-electron chi connectivity index (χ2n) is 9.69. The lowest BCUT2D eigenvalue weighted by atomic mass is 10.0. The highest BCUT2D eigenvalue weighted by Gasteiger charge is 2.39. The van der Waals surface area contributed by atoms with Gasteiger partial charge in [0.05, 0.1) is 17.6 Å². The number of nitrogens with two attached hydrogens (primary N) is 1. The van der Waals surface area contributed by atoms with Crippen LogP contribution in [0.3, 0.4) is 0 Å². The molecule has 1 aromatic heterocycles. The fraction of sp³-hybridized carbons (Fsp3) is 0.172. The molecule has 1 saturated heterocycles. The van der Waals surface area contributed by atoms with Crippen LogP contribution < -0.4 is 16.0 Å². The molecular weight excluding hydrogens is 598 g/mol. The van der Waals surface area contributed by atoms with Crippen molar-refractivity contribution in [1.82, 2.24) is 19.9 Å². The number of piperazine rings is 1. The number of nitrogens with one attached hydrogen (secondary N) is 1. The maximum absolute atomic E-state index is 14.1. The average Bonchev–Trinajstić information content (AvgIpc) is 3.40. The van der Waals surface area contributed by atoms with Gasteiger partial charge in [0.2, 0.25) is 17.7 Å². The second kappa shape index (κ2) is 12.6. The number of nitrogens with zero attached hydrogens (tertiary/aromatic N) is 6. The molecule has 1 aliphatic rings. The number of benzene rings is 3. The van der Waals surface area contributed by atoms with Crippen LogP contribution in [0.1, 0.15) is 11.1 Å². The summed E-state index contributed by atoms with van der Waals surface area (Å²) in [7, 11) is 1.59. The molecule has 0 saturated carbocycles. The smallest absolute Gasteiger partial charge is 0.247 e. The van der Waals surface area contributed by atoms with E-state index in [0.717, 1.165) is 0 Å². The van der Waals surface area contributed by atoms with Crippen molar-refractivity contribution in [2.45, 2.75) is 12.5 Å². The fourth-order valence-electron chi connectivity index (χ4n) is 4.77. The zero-order valence-corrected chi connectivity index (χ0v) is 24.3. The van der Waals surface area contributed by atoms with E-state index in [1.165, 1.54) is 44.9 Å². The summed E-state index contributed by atoms with van der Waals surface area (Å²) in [6.45, 7) is -0.813. The number of carbonyl (C=O) groups is 3. The summed E-state index contributed by atoms with van der Waals surface area (Å²) in [5.41, 5.74) is 8.66. The van der Waals surface area contributed by atoms with Crippen LogP contribution >= 0.6 is 23.2 Å². The Balaban J connectivity index is 1.45. The Bertz CT molecular complexity index is 1740. The van der Waals surface area contributed by atoms with Gasteiger partial charge in [-0.3, -0.25) is 24.3 Å². The van der Waals surface area contributed by atoms with Crippen LogP contribution in [0.4, 0.5) is 21.5 Å². The third-order valence-electron chi connectivity index (χ3n) is 6.78. The van der Waals surface area contributed by atoms with Crippen LogP contribution in [0.15, 0.2) is 71.9 Å². The van der Waals surface area contributed by atoms with E-state index in [9.17, 15) is 18.8 Å². The molecule has 3 amide bonds. The van der Waals surface area contributed by atoms with Gasteiger partial charge in [0, 0.05) is 41.6 Å². The maximum atomic E-state index is 14.1. The summed E-state index contributed by atoms with van der Waals surface area (Å²) >= 11 is 12.2. The van der Waals surface area contributed by atoms with Gasteiger partial charge >= 0.3 is 0 Å². The summed E-state index contributed by atoms with van der Waals surface area (Å²) in [5, 5.41) is 11.0. The molecule has 1 aliphatic heterocycles. The number of halogens is 3. The molecule has 3 N–H and O–H groups in total. The molecule has 0 bridgehead atoms. The first-order valence-electron chi connectivity index (χ1n) is 13.0. The van der Waals surface area contributed by atoms with E-state index in [4.69, 9.17) is 28.9 Å². The van der Waals surface area contributed by atoms with Gasteiger partial charge in [-0.05, 0) is 54.1 Å². The fourth-order valence-corrected chi connectivity index (χ4v) is 5.06. The molecular formula is C29H25Cl2FN8O3. The van der Waals surface area contributed by atoms with Crippen LogP contribution in [-0.4, -0.2) is 70.0 Å². The topological polar surface area (TPSA) is 139 Å². The molecule has 14 heteroatoms. The van der Waals surface area contributed by atoms with Crippen LogP contribution in [0, 0.1) is 5.82 Å². The van der Waals surface area contributed by atoms with Crippen molar-refractivity contribution in [3.8, 4) is 5.69 Å². The zero-order chi connectivity index (χ0) is 30.7. The molecule has 0 spiro atoms. The van der Waals surface area contributed by atoms with Crippen molar-refractivity contribution in [3.63, 3.8) is 0 Å². The Kier molecular flexibility index (Phi) is 8.69. The molecule has 1 atom stereocenters. The number of carbonyl (C=O) groups excluding carboxylic acids is 3. The number of rotatable bonds is 8. The molecule has 220 valence electrons. The molecule has 4 aromatic rings. The summed E-state index contributed by atoms with van der Waals surface area (Å²) in [5.74, 6) is -2.04. The number of anilines is 3. The molecule has 43 heavy (non-hydrogen) atoms. The van der Waals surface area contributed by atoms with Gasteiger partial charge < -0.3 is 16.0 Å². The first-order chi connectivity index (χ1) is 20.6. The van der Waals surface area contributed by atoms with Crippen LogP contribution in [0.2, 0.25) is 10.2 Å². The quantitative estimate of drug-likeness (QED) is 0.226. The van der Waals surface area contributed by atoms with E-state index < -0.39 is 36.1 Å². The van der Waals surface area contributed by atoms with Crippen molar-refractivity contribution in [1.29, 1.82) is 0 Å². The SMILES string of the molecule is CN=Cc1cc(NC(=O)C(Cc2cccc(F)c2)N2CC(=O)N(c3cc(Cl)ccc3-n3cc(Cl)nn3)CC2=O)ccc1N. The van der Waals surface area contributed by atoms with E-state index in [-0.39, 0.29) is 18.1 Å². The van der Waals surface area contributed by atoms with Gasteiger partial charge in [0.25, 0.3) is 0 Å². The van der Waals surface area contributed by atoms with Crippen molar-refractivity contribution in [3.05, 3.63) is 94.0 Å². The largest absolute Gasteiger partial charge is 0.398 e. The minimum Gasteiger partial charge on any atom is -0.398 e. The molecule has 3 aromatic carbocycles. The number of hydrogen-bond donors (Lipinski definition) is 2. The number of hydrogen-bond acceptors (Lipinski definition) is 7. The number of amides is 3. The molecule has 2 heterocycles. The summed E-state index contributed by atoms with van der Waals surface area (Å²) < 4.78 is 15.4. The third kappa shape index (κ3) is 6.65. The Morgan fingerprint density at radius 1 is 1.09 bits per heavy atom. The predicted octanol–water partition coefficient (Wildman–Crippen LogP) is 3.77. The van der Waals surface area contributed by atoms with Gasteiger partial charge in [-0.25, -0.2) is 9.07 Å². The van der Waals surface area contributed by atoms with Crippen molar-refractivity contribution < 1.29 is 18.8 Å². The Morgan fingerprint density at radius 3 is 2.63 bits per heavy atom. The first-order valence-corrected chi connectivity index (χ1v) is 13.7. The van der Waals surface area contributed by atoms with Crippen LogP contribution in [0.5, 0.6) is 0 Å². The van der Waals surface area contributed by atoms with Gasteiger partial charge in [-0.2, -0.15) is 0 Å². The lowest BCUT2D eigenvalue weighted by molar-refractivity contribution is -0.143. The normalized spacial score (nSPS) is 14.4. The summed E-state index contributed by atoms with van der Waals surface area (Å²) in [6.07, 6.45) is 2.96. The highest BCUT2D eigenvalue weighted by molar-refractivity contribution is 6.31. The molecule has 5 rings (SSSR count). The molecule has 0 aliphatic carbocycles. The Labute approximate surface area is 255 Å². The van der Waals surface area contributed by atoms with E-state index >= 15 is 0 Å². The van der Waals surface area contributed by atoms with Gasteiger partial charge in [-0.15, -0.1) is 5.10 Å². The number of aliphatic imine (C=N–C) groups is 1. The second-order valence-corrected chi connectivity index (χ2v) is 10.5. The molecule has 1 fully saturated rings. The predicted molar refractivity (Wildman–Crippen MR) is 162 cm³/mol. The summed E-state index contributed by atoms with van der Waals surface area (Å²) in [6, 6.07) is 14.2. The van der Waals surface area contributed by atoms with Gasteiger partial charge in [0.1, 0.15) is 24.9 Å². The van der Waals surface area contributed by atoms with Crippen molar-refractivity contribution in [2.75, 3.05) is 36.1 Å². The Morgan fingerprint density at radius 2 is 1.91 bits per heavy atom. The van der Waals surface area contributed by atoms with E-state index in [1.54, 1.807) is 49.7 Å². The van der Waals surface area contributed by atoms with Gasteiger partial charge in [-0.1, -0.05) is 40.5 Å². The molecule has 0 radical (unpaired) electrons. The lowest BCUT2D eigenvalue weighted by Gasteiger charge is -2.38. The number of aromatic nitrogens is 3. The van der Waals surface area contributed by atoms with E-state index in [0.29, 0.717) is 38.9 Å². The first kappa shape index (κ1) is 29.7. The van der Waals surface area contributed by atoms with Crippen molar-refractivity contribution >= 4 is 64.2 Å². The minimum absolute atomic E-state index is 0.0409. The van der Waals surface area contributed by atoms with E-state index in [2.05, 4.69) is 20.6 Å². The van der Waals surface area contributed by atoms with Crippen molar-refractivity contribution in [2.24, 2.45) is 4.99 Å². The monoisotopic (exact) mass is 622 g/mol. The number of nitrogen functional groups attached to an aromatic ring is 1. The average molecular weight is 623 g/mol. The summed E-state index contributed by atoms with van der Waals surface area (Å²) in [4.78, 5) is 47.4. The van der Waals surface area contributed by atoms with Crippen LogP contribution in [-0.2, 0) is 20.8 Å². The van der Waals surface area contributed by atoms with E-state index in [1.807, 2.05) is 0 Å². The lowest BCUT2D eigenvalue weighted by Crippen LogP contribution is -2.60. The zero-order valence-electron chi connectivity index (χ0n) is 22.7. The maximum Gasteiger partial charge on any atom is 0.247 e.